The first-order valence-electron chi connectivity index (χ1n) is 6.62. The molecule has 0 spiro atoms. The van der Waals surface area contributed by atoms with Crippen LogP contribution in [0.3, 0.4) is 0 Å². The minimum atomic E-state index is -3.49. The lowest BCUT2D eigenvalue weighted by atomic mass is 10.1. The Morgan fingerprint density at radius 3 is 2.48 bits per heavy atom. The van der Waals surface area contributed by atoms with Crippen molar-refractivity contribution < 1.29 is 23.1 Å². The Balaban J connectivity index is 2.14. The summed E-state index contributed by atoms with van der Waals surface area (Å²) in [6.07, 6.45) is 2.54. The zero-order valence-electron chi connectivity index (χ0n) is 11.6. The molecule has 21 heavy (non-hydrogen) atoms. The van der Waals surface area contributed by atoms with E-state index < -0.39 is 27.6 Å². The van der Waals surface area contributed by atoms with Gasteiger partial charge >= 0.3 is 5.97 Å². The van der Waals surface area contributed by atoms with E-state index in [-0.39, 0.29) is 16.5 Å². The summed E-state index contributed by atoms with van der Waals surface area (Å²) in [4.78, 5) is 23.1. The number of hydrogen-bond acceptors (Lipinski definition) is 4. The summed E-state index contributed by atoms with van der Waals surface area (Å²) < 4.78 is 23.4. The number of aliphatic carboxylic acids is 1. The van der Waals surface area contributed by atoms with Crippen LogP contribution in [0.25, 0.3) is 0 Å². The molecule has 114 valence electrons. The number of carbonyl (C=O) groups is 2. The van der Waals surface area contributed by atoms with Crippen LogP contribution in [0.2, 0.25) is 0 Å². The molecule has 1 aromatic carbocycles. The smallest absolute Gasteiger partial charge is 0.306 e. The number of carboxylic acid groups (broad SMARTS) is 1. The number of hydrogen-bond donors (Lipinski definition) is 2. The monoisotopic (exact) mass is 311 g/mol. The summed E-state index contributed by atoms with van der Waals surface area (Å²) in [5.41, 5.74) is 0.0961. The molecule has 7 heteroatoms. The van der Waals surface area contributed by atoms with Gasteiger partial charge in [-0.25, -0.2) is 8.42 Å². The molecule has 1 aliphatic rings. The molecule has 1 aliphatic carbocycles. The van der Waals surface area contributed by atoms with Crippen LogP contribution in [0.4, 0.5) is 0 Å². The lowest BCUT2D eigenvalue weighted by molar-refractivity contribution is -0.141. The van der Waals surface area contributed by atoms with Gasteiger partial charge in [-0.2, -0.15) is 0 Å². The van der Waals surface area contributed by atoms with Gasteiger partial charge in [0.15, 0.2) is 9.84 Å². The second-order valence-corrected chi connectivity index (χ2v) is 7.27. The summed E-state index contributed by atoms with van der Waals surface area (Å²) in [6.45, 7) is 0. The van der Waals surface area contributed by atoms with E-state index in [1.54, 1.807) is 12.1 Å². The molecule has 1 fully saturated rings. The number of carboxylic acids is 1. The van der Waals surface area contributed by atoms with Crippen LogP contribution < -0.4 is 5.32 Å². The predicted octanol–water partition coefficient (Wildman–Crippen LogP) is 1.07. The second-order valence-electron chi connectivity index (χ2n) is 5.29. The van der Waals surface area contributed by atoms with Crippen molar-refractivity contribution in [2.75, 3.05) is 6.26 Å². The van der Waals surface area contributed by atoms with Crippen molar-refractivity contribution in [3.8, 4) is 0 Å². The van der Waals surface area contributed by atoms with E-state index >= 15 is 0 Å². The average molecular weight is 311 g/mol. The van der Waals surface area contributed by atoms with Crippen molar-refractivity contribution in [2.45, 2.75) is 30.2 Å². The highest BCUT2D eigenvalue weighted by Crippen LogP contribution is 2.26. The van der Waals surface area contributed by atoms with Gasteiger partial charge in [0, 0.05) is 12.3 Å². The van der Waals surface area contributed by atoms with E-state index in [2.05, 4.69) is 5.32 Å². The molecule has 0 radical (unpaired) electrons. The van der Waals surface area contributed by atoms with Gasteiger partial charge < -0.3 is 10.4 Å². The van der Waals surface area contributed by atoms with Gasteiger partial charge in [-0.3, -0.25) is 9.59 Å². The zero-order chi connectivity index (χ0) is 15.6. The number of amides is 1. The molecule has 6 nitrogen and oxygen atoms in total. The molecule has 0 aliphatic heterocycles. The number of nitrogens with one attached hydrogen (secondary N) is 1. The molecule has 1 amide bonds. The molecule has 1 saturated carbocycles. The third kappa shape index (κ3) is 3.60. The molecule has 1 aromatic rings. The van der Waals surface area contributed by atoms with Gasteiger partial charge in [0.2, 0.25) is 0 Å². The minimum Gasteiger partial charge on any atom is -0.481 e. The lowest BCUT2D eigenvalue weighted by Crippen LogP contribution is -2.34. The van der Waals surface area contributed by atoms with E-state index in [9.17, 15) is 18.0 Å². The van der Waals surface area contributed by atoms with E-state index in [1.807, 2.05) is 0 Å². The number of sulfone groups is 1. The third-order valence-electron chi connectivity index (χ3n) is 3.65. The molecule has 0 unspecified atom stereocenters. The molecule has 0 bridgehead atoms. The second kappa shape index (κ2) is 5.85. The van der Waals surface area contributed by atoms with Crippen LogP contribution in [0, 0.1) is 5.92 Å². The van der Waals surface area contributed by atoms with E-state index in [0.29, 0.717) is 19.3 Å². The molecular formula is C14H17NO5S. The fraction of sp³-hybridized carbons (Fsp3) is 0.429. The molecule has 2 rings (SSSR count). The van der Waals surface area contributed by atoms with E-state index in [0.717, 1.165) is 6.26 Å². The van der Waals surface area contributed by atoms with Crippen molar-refractivity contribution >= 4 is 21.7 Å². The maximum Gasteiger partial charge on any atom is 0.306 e. The normalized spacial score (nSPS) is 22.0. The maximum absolute atomic E-state index is 12.2. The fourth-order valence-electron chi connectivity index (χ4n) is 2.58. The van der Waals surface area contributed by atoms with Crippen molar-refractivity contribution in [2.24, 2.45) is 5.92 Å². The molecule has 0 heterocycles. The minimum absolute atomic E-state index is 0.0183. The highest BCUT2D eigenvalue weighted by Gasteiger charge is 2.31. The highest BCUT2D eigenvalue weighted by molar-refractivity contribution is 7.90. The predicted molar refractivity (Wildman–Crippen MR) is 75.8 cm³/mol. The van der Waals surface area contributed by atoms with E-state index in [1.165, 1.54) is 12.1 Å². The van der Waals surface area contributed by atoms with Crippen LogP contribution in [0.5, 0.6) is 0 Å². The van der Waals surface area contributed by atoms with Crippen LogP contribution >= 0.6 is 0 Å². The molecule has 2 atom stereocenters. The number of rotatable bonds is 4. The van der Waals surface area contributed by atoms with Gasteiger partial charge in [0.25, 0.3) is 5.91 Å². The Bertz CT molecular complexity index is 668. The SMILES string of the molecule is CS(=O)(=O)c1ccccc1C(=O)N[C@@H]1CC[C@H](C(=O)O)C1. The van der Waals surface area contributed by atoms with Gasteiger partial charge in [0.05, 0.1) is 16.4 Å². The summed E-state index contributed by atoms with van der Waals surface area (Å²) in [5.74, 6) is -1.78. The standard InChI is InChI=1S/C14H17NO5S/c1-21(19,20)12-5-3-2-4-11(12)13(16)15-10-7-6-9(8-10)14(17)18/h2-5,9-10H,6-8H2,1H3,(H,15,16)(H,17,18)/t9-,10+/m0/s1. The lowest BCUT2D eigenvalue weighted by Gasteiger charge is -2.14. The topological polar surface area (TPSA) is 101 Å². The number of carbonyl (C=O) groups excluding carboxylic acids is 1. The summed E-state index contributed by atoms with van der Waals surface area (Å²) in [6, 6.07) is 5.77. The van der Waals surface area contributed by atoms with Crippen LogP contribution in [0.1, 0.15) is 29.6 Å². The van der Waals surface area contributed by atoms with Crippen LogP contribution in [-0.2, 0) is 14.6 Å². The third-order valence-corrected chi connectivity index (χ3v) is 4.80. The van der Waals surface area contributed by atoms with Gasteiger partial charge in [-0.15, -0.1) is 0 Å². The average Bonchev–Trinajstić information content (AvgIpc) is 2.86. The first-order chi connectivity index (χ1) is 9.79. The largest absolute Gasteiger partial charge is 0.481 e. The Kier molecular flexibility index (Phi) is 4.32. The van der Waals surface area contributed by atoms with E-state index in [4.69, 9.17) is 5.11 Å². The Morgan fingerprint density at radius 2 is 1.90 bits per heavy atom. The van der Waals surface area contributed by atoms with Crippen molar-refractivity contribution in [1.29, 1.82) is 0 Å². The maximum atomic E-state index is 12.2. The first-order valence-corrected chi connectivity index (χ1v) is 8.51. The number of benzene rings is 1. The molecular weight excluding hydrogens is 294 g/mol. The molecule has 2 N–H and O–H groups in total. The molecule has 0 saturated heterocycles. The van der Waals surface area contributed by atoms with Crippen molar-refractivity contribution in [1.82, 2.24) is 5.32 Å². The summed E-state index contributed by atoms with van der Waals surface area (Å²) in [5, 5.41) is 11.7. The summed E-state index contributed by atoms with van der Waals surface area (Å²) in [7, 11) is -3.49. The Hall–Kier alpha value is -1.89. The first kappa shape index (κ1) is 15.5. The fourth-order valence-corrected chi connectivity index (χ4v) is 3.46. The van der Waals surface area contributed by atoms with Gasteiger partial charge in [-0.05, 0) is 31.4 Å². The Morgan fingerprint density at radius 1 is 1.24 bits per heavy atom. The Labute approximate surface area is 123 Å². The quantitative estimate of drug-likeness (QED) is 0.866. The zero-order valence-corrected chi connectivity index (χ0v) is 12.4. The highest BCUT2D eigenvalue weighted by atomic mass is 32.2. The van der Waals surface area contributed by atoms with Crippen molar-refractivity contribution in [3.05, 3.63) is 29.8 Å². The van der Waals surface area contributed by atoms with Crippen LogP contribution in [-0.4, -0.2) is 37.7 Å². The van der Waals surface area contributed by atoms with Crippen LogP contribution in [0.15, 0.2) is 29.2 Å². The van der Waals surface area contributed by atoms with Gasteiger partial charge in [0.1, 0.15) is 0 Å². The molecule has 0 aromatic heterocycles. The van der Waals surface area contributed by atoms with Crippen molar-refractivity contribution in [3.63, 3.8) is 0 Å². The summed E-state index contributed by atoms with van der Waals surface area (Å²) >= 11 is 0. The van der Waals surface area contributed by atoms with Gasteiger partial charge in [-0.1, -0.05) is 12.1 Å².